The van der Waals surface area contributed by atoms with Crippen LogP contribution in [0.1, 0.15) is 16.1 Å². The van der Waals surface area contributed by atoms with Crippen molar-refractivity contribution < 1.29 is 19.0 Å². The fourth-order valence-electron chi connectivity index (χ4n) is 4.10. The number of amides is 1. The minimum absolute atomic E-state index is 0.0472. The quantitative estimate of drug-likeness (QED) is 0.619. The molecule has 9 heteroatoms. The maximum absolute atomic E-state index is 13.2. The Hall–Kier alpha value is -4.01. The zero-order valence-electron chi connectivity index (χ0n) is 19.3. The number of nitrogens with zero attached hydrogens (tertiary/aromatic N) is 4. The van der Waals surface area contributed by atoms with Crippen LogP contribution in [0.2, 0.25) is 0 Å². The van der Waals surface area contributed by atoms with Crippen molar-refractivity contribution in [1.29, 1.82) is 0 Å². The van der Waals surface area contributed by atoms with Crippen molar-refractivity contribution in [3.8, 4) is 17.2 Å². The smallest absolute Gasteiger partial charge is 0.257 e. The molecule has 3 heterocycles. The first-order valence-corrected chi connectivity index (χ1v) is 11.3. The first-order valence-electron chi connectivity index (χ1n) is 11.3. The lowest BCUT2D eigenvalue weighted by molar-refractivity contribution is 0.0735. The second kappa shape index (κ2) is 9.46. The fraction of sp³-hybridized carbons (Fsp3) is 0.320. The summed E-state index contributed by atoms with van der Waals surface area (Å²) in [6, 6.07) is 15.0. The van der Waals surface area contributed by atoms with E-state index in [2.05, 4.69) is 15.2 Å². The third-order valence-corrected chi connectivity index (χ3v) is 5.85. The molecule has 9 nitrogen and oxygen atoms in total. The summed E-state index contributed by atoms with van der Waals surface area (Å²) in [4.78, 5) is 26.5. The van der Waals surface area contributed by atoms with E-state index in [9.17, 15) is 4.79 Å². The molecular formula is C25H27N5O4. The average molecular weight is 462 g/mol. The van der Waals surface area contributed by atoms with Crippen molar-refractivity contribution in [3.05, 3.63) is 59.8 Å². The van der Waals surface area contributed by atoms with E-state index in [1.807, 2.05) is 54.3 Å². The van der Waals surface area contributed by atoms with Crippen molar-refractivity contribution in [1.82, 2.24) is 14.9 Å². The number of rotatable bonds is 5. The highest BCUT2D eigenvalue weighted by Crippen LogP contribution is 2.34. The molecule has 176 valence electrons. The number of para-hydroxylation sites is 1. The molecule has 0 saturated carbocycles. The second-order valence-corrected chi connectivity index (χ2v) is 8.16. The number of carbonyl (C=O) groups is 1. The first kappa shape index (κ1) is 21.8. The Labute approximate surface area is 198 Å². The van der Waals surface area contributed by atoms with Gasteiger partial charge in [0, 0.05) is 43.6 Å². The topological polar surface area (TPSA) is 89.1 Å². The van der Waals surface area contributed by atoms with Gasteiger partial charge in [-0.25, -0.2) is 4.98 Å². The van der Waals surface area contributed by atoms with Crippen molar-refractivity contribution in [3.63, 3.8) is 0 Å². The van der Waals surface area contributed by atoms with Crippen molar-refractivity contribution in [2.24, 2.45) is 0 Å². The highest BCUT2D eigenvalue weighted by molar-refractivity contribution is 5.98. The monoisotopic (exact) mass is 461 g/mol. The molecule has 0 radical (unpaired) electrons. The molecule has 2 aliphatic rings. The van der Waals surface area contributed by atoms with Crippen molar-refractivity contribution >= 4 is 23.4 Å². The molecule has 0 spiro atoms. The van der Waals surface area contributed by atoms with E-state index in [0.29, 0.717) is 62.4 Å². The number of piperazine rings is 1. The molecule has 0 aliphatic carbocycles. The van der Waals surface area contributed by atoms with Crippen LogP contribution in [0.4, 0.5) is 17.5 Å². The van der Waals surface area contributed by atoms with E-state index in [-0.39, 0.29) is 5.91 Å². The minimum atomic E-state index is -0.0472. The highest BCUT2D eigenvalue weighted by atomic mass is 16.6. The zero-order chi connectivity index (χ0) is 23.5. The van der Waals surface area contributed by atoms with Crippen LogP contribution in [-0.4, -0.2) is 67.3 Å². The predicted molar refractivity (Wildman–Crippen MR) is 129 cm³/mol. The van der Waals surface area contributed by atoms with Gasteiger partial charge in [0.15, 0.2) is 11.5 Å². The lowest BCUT2D eigenvalue weighted by atomic mass is 10.1. The summed E-state index contributed by atoms with van der Waals surface area (Å²) in [5.41, 5.74) is 2.33. The number of aromatic nitrogens is 2. The van der Waals surface area contributed by atoms with Gasteiger partial charge < -0.3 is 29.3 Å². The van der Waals surface area contributed by atoms with Gasteiger partial charge in [-0.05, 0) is 43.3 Å². The standard InChI is InChI=1S/C25H27N5O4/c1-17-16-22(27-18-6-8-19(32-2)9-7-18)28-25(26-17)30-12-10-29(11-13-30)24(31)20-4-3-5-21-23(20)34-15-14-33-21/h3-9,16H,10-15H2,1-2H3,(H,26,27,28). The van der Waals surface area contributed by atoms with Crippen molar-refractivity contribution in [2.45, 2.75) is 6.92 Å². The summed E-state index contributed by atoms with van der Waals surface area (Å²) >= 11 is 0. The van der Waals surface area contributed by atoms with Gasteiger partial charge in [0.1, 0.15) is 24.8 Å². The van der Waals surface area contributed by atoms with Crippen LogP contribution in [0, 0.1) is 6.92 Å². The molecule has 0 unspecified atom stereocenters. The lowest BCUT2D eigenvalue weighted by Crippen LogP contribution is -2.49. The van der Waals surface area contributed by atoms with Crippen LogP contribution in [0.5, 0.6) is 17.2 Å². The third kappa shape index (κ3) is 4.54. The maximum Gasteiger partial charge on any atom is 0.257 e. The third-order valence-electron chi connectivity index (χ3n) is 5.85. The number of benzene rings is 2. The molecule has 3 aromatic rings. The van der Waals surface area contributed by atoms with Crippen LogP contribution in [0.25, 0.3) is 0 Å². The van der Waals surface area contributed by atoms with Crippen LogP contribution >= 0.6 is 0 Å². The Bertz CT molecular complexity index is 1180. The van der Waals surface area contributed by atoms with Gasteiger partial charge in [-0.15, -0.1) is 0 Å². The van der Waals surface area contributed by atoms with Gasteiger partial charge >= 0.3 is 0 Å². The van der Waals surface area contributed by atoms with Gasteiger partial charge in [0.2, 0.25) is 5.95 Å². The normalized spacial score (nSPS) is 15.1. The number of carbonyl (C=O) groups excluding carboxylic acids is 1. The van der Waals surface area contributed by atoms with Crippen molar-refractivity contribution in [2.75, 3.05) is 56.7 Å². The molecule has 1 N–H and O–H groups in total. The van der Waals surface area contributed by atoms with E-state index < -0.39 is 0 Å². The predicted octanol–water partition coefficient (Wildman–Crippen LogP) is 3.27. The van der Waals surface area contributed by atoms with E-state index in [1.54, 1.807) is 13.2 Å². The Balaban J connectivity index is 1.26. The number of anilines is 3. The Morgan fingerprint density at radius 1 is 1.00 bits per heavy atom. The molecule has 1 fully saturated rings. The SMILES string of the molecule is COc1ccc(Nc2cc(C)nc(N3CCN(C(=O)c4cccc5c4OCCO5)CC3)n2)cc1. The number of ether oxygens (including phenoxy) is 3. The maximum atomic E-state index is 13.2. The minimum Gasteiger partial charge on any atom is -0.497 e. The number of hydrogen-bond acceptors (Lipinski definition) is 8. The van der Waals surface area contributed by atoms with Crippen LogP contribution in [-0.2, 0) is 0 Å². The number of fused-ring (bicyclic) bond motifs is 1. The Kier molecular flexibility index (Phi) is 6.07. The molecule has 34 heavy (non-hydrogen) atoms. The molecule has 1 saturated heterocycles. The van der Waals surface area contributed by atoms with E-state index in [4.69, 9.17) is 19.2 Å². The zero-order valence-corrected chi connectivity index (χ0v) is 19.3. The molecule has 5 rings (SSSR count). The summed E-state index contributed by atoms with van der Waals surface area (Å²) in [7, 11) is 1.64. The Morgan fingerprint density at radius 2 is 1.76 bits per heavy atom. The van der Waals surface area contributed by atoms with Gasteiger partial charge in [0.25, 0.3) is 5.91 Å². The summed E-state index contributed by atoms with van der Waals surface area (Å²) in [6.45, 7) is 5.32. The number of nitrogens with one attached hydrogen (secondary N) is 1. The average Bonchev–Trinajstić information content (AvgIpc) is 2.88. The highest BCUT2D eigenvalue weighted by Gasteiger charge is 2.28. The van der Waals surface area contributed by atoms with Gasteiger partial charge in [-0.3, -0.25) is 4.79 Å². The Morgan fingerprint density at radius 3 is 2.53 bits per heavy atom. The molecular weight excluding hydrogens is 434 g/mol. The summed E-state index contributed by atoms with van der Waals surface area (Å²) < 4.78 is 16.6. The van der Waals surface area contributed by atoms with Gasteiger partial charge in [-0.1, -0.05) is 6.07 Å². The van der Waals surface area contributed by atoms with Gasteiger partial charge in [-0.2, -0.15) is 4.98 Å². The molecule has 1 aromatic heterocycles. The molecule has 2 aromatic carbocycles. The molecule has 2 aliphatic heterocycles. The van der Waals surface area contributed by atoms with Crippen LogP contribution in [0.15, 0.2) is 48.5 Å². The van der Waals surface area contributed by atoms with E-state index >= 15 is 0 Å². The lowest BCUT2D eigenvalue weighted by Gasteiger charge is -2.35. The molecule has 0 bridgehead atoms. The number of hydrogen-bond donors (Lipinski definition) is 1. The first-order chi connectivity index (χ1) is 16.6. The second-order valence-electron chi connectivity index (χ2n) is 8.16. The van der Waals surface area contributed by atoms with Crippen LogP contribution in [0.3, 0.4) is 0 Å². The van der Waals surface area contributed by atoms with Gasteiger partial charge in [0.05, 0.1) is 12.7 Å². The van der Waals surface area contributed by atoms with E-state index in [1.165, 1.54) is 0 Å². The number of methoxy groups -OCH3 is 1. The summed E-state index contributed by atoms with van der Waals surface area (Å²) in [6.07, 6.45) is 0. The van der Waals surface area contributed by atoms with E-state index in [0.717, 1.165) is 22.9 Å². The summed E-state index contributed by atoms with van der Waals surface area (Å²) in [5, 5.41) is 3.33. The van der Waals surface area contributed by atoms with Crippen LogP contribution < -0.4 is 24.4 Å². The molecule has 0 atom stereocenters. The number of aryl methyl sites for hydroxylation is 1. The summed E-state index contributed by atoms with van der Waals surface area (Å²) in [5.74, 6) is 3.29. The fourth-order valence-corrected chi connectivity index (χ4v) is 4.10. The molecule has 1 amide bonds. The largest absolute Gasteiger partial charge is 0.497 e.